The topological polar surface area (TPSA) is 161 Å². The highest BCUT2D eigenvalue weighted by molar-refractivity contribution is 7.90. The summed E-state index contributed by atoms with van der Waals surface area (Å²) < 4.78 is 42.6. The molecule has 0 bridgehead atoms. The summed E-state index contributed by atoms with van der Waals surface area (Å²) in [5.74, 6) is 0. The van der Waals surface area contributed by atoms with Crippen molar-refractivity contribution < 1.29 is 27.0 Å². The second-order valence-corrected chi connectivity index (χ2v) is 8.21. The van der Waals surface area contributed by atoms with Crippen LogP contribution in [-0.2, 0) is 20.0 Å². The van der Waals surface area contributed by atoms with Crippen molar-refractivity contribution in [2.24, 2.45) is 10.3 Å². The van der Waals surface area contributed by atoms with Crippen molar-refractivity contribution in [3.8, 4) is 0 Å². The predicted octanol–water partition coefficient (Wildman–Crippen LogP) is -0.796. The van der Waals surface area contributed by atoms with Crippen LogP contribution in [0.4, 0.5) is 0 Å². The molecule has 0 aliphatic heterocycles. The molecular weight excluding hydrogens is 332 g/mol. The van der Waals surface area contributed by atoms with Crippen LogP contribution in [0.5, 0.6) is 0 Å². The number of primary sulfonamides is 2. The number of aliphatic hydroxyl groups is 2. The van der Waals surface area contributed by atoms with Gasteiger partial charge < -0.3 is 10.2 Å². The third kappa shape index (κ3) is 11.8. The van der Waals surface area contributed by atoms with Gasteiger partial charge in [-0.1, -0.05) is 12.2 Å². The molecule has 0 aromatic carbocycles. The van der Waals surface area contributed by atoms with E-state index in [1.807, 2.05) is 0 Å². The molecule has 0 fully saturated rings. The largest absolute Gasteiger partial charge is 0.395 e. The Bertz CT molecular complexity index is 468. The number of hydrogen-bond donors (Lipinski definition) is 4. The summed E-state index contributed by atoms with van der Waals surface area (Å²) in [6.07, 6.45) is 4.93. The molecule has 0 radical (unpaired) electrons. The molecule has 0 saturated carbocycles. The fourth-order valence-corrected chi connectivity index (χ4v) is 2.67. The molecule has 0 aromatic rings. The van der Waals surface area contributed by atoms with Crippen LogP contribution in [-0.4, -0.2) is 50.8 Å². The van der Waals surface area contributed by atoms with Crippen LogP contribution in [0, 0.1) is 0 Å². The maximum atomic E-state index is 10.7. The van der Waals surface area contributed by atoms with Gasteiger partial charge in [-0.25, -0.2) is 27.1 Å². The minimum Gasteiger partial charge on any atom is -0.395 e. The lowest BCUT2D eigenvalue weighted by Crippen LogP contribution is -2.31. The van der Waals surface area contributed by atoms with Gasteiger partial charge in [-0.3, -0.25) is 0 Å². The Morgan fingerprint density at radius 2 is 1.09 bits per heavy atom. The summed E-state index contributed by atoms with van der Waals surface area (Å²) in [5, 5.41) is 25.1. The number of sulfonamides is 2. The number of hydrogen-bond acceptors (Lipinski definition) is 6. The lowest BCUT2D eigenvalue weighted by atomic mass is 10.2. The zero-order chi connectivity index (χ0) is 17.8. The van der Waals surface area contributed by atoms with E-state index in [2.05, 4.69) is 13.2 Å². The van der Waals surface area contributed by atoms with Gasteiger partial charge in [-0.05, 0) is 25.7 Å². The van der Waals surface area contributed by atoms with Gasteiger partial charge in [0.2, 0.25) is 20.0 Å². The third-order valence-electron chi connectivity index (χ3n) is 2.72. The van der Waals surface area contributed by atoms with Crippen molar-refractivity contribution in [3.63, 3.8) is 0 Å². The Kier molecular flexibility index (Phi) is 12.5. The van der Waals surface area contributed by atoms with Gasteiger partial charge in [0, 0.05) is 0 Å². The maximum absolute atomic E-state index is 10.7. The zero-order valence-corrected chi connectivity index (χ0v) is 14.1. The lowest BCUT2D eigenvalue weighted by molar-refractivity contribution is 0.285. The second kappa shape index (κ2) is 11.7. The van der Waals surface area contributed by atoms with Gasteiger partial charge in [-0.15, -0.1) is 13.2 Å². The van der Waals surface area contributed by atoms with Crippen molar-refractivity contribution in [1.82, 2.24) is 0 Å². The molecule has 0 spiro atoms. The second-order valence-electron chi connectivity index (χ2n) is 4.52. The van der Waals surface area contributed by atoms with E-state index in [9.17, 15) is 16.8 Å². The Hall–Kier alpha value is -0.780. The summed E-state index contributed by atoms with van der Waals surface area (Å²) in [5.41, 5.74) is 0. The van der Waals surface area contributed by atoms with Crippen LogP contribution in [0.3, 0.4) is 0 Å². The normalized spacial score (nSPS) is 14.4. The maximum Gasteiger partial charge on any atom is 0.214 e. The molecule has 10 heteroatoms. The average Bonchev–Trinajstić information content (AvgIpc) is 2.38. The monoisotopic (exact) mass is 358 g/mol. The Morgan fingerprint density at radius 1 is 0.818 bits per heavy atom. The molecule has 0 unspecified atom stereocenters. The molecule has 0 aliphatic carbocycles. The van der Waals surface area contributed by atoms with Crippen molar-refractivity contribution in [1.29, 1.82) is 0 Å². The highest BCUT2D eigenvalue weighted by atomic mass is 32.2. The highest BCUT2D eigenvalue weighted by Gasteiger charge is 2.19. The first-order chi connectivity index (χ1) is 10.0. The van der Waals surface area contributed by atoms with E-state index >= 15 is 0 Å². The van der Waals surface area contributed by atoms with Crippen molar-refractivity contribution in [3.05, 3.63) is 25.3 Å². The van der Waals surface area contributed by atoms with E-state index in [0.29, 0.717) is 25.7 Å². The molecule has 0 aromatic heterocycles. The highest BCUT2D eigenvalue weighted by Crippen LogP contribution is 2.05. The van der Waals surface area contributed by atoms with E-state index in [1.54, 1.807) is 12.2 Å². The summed E-state index contributed by atoms with van der Waals surface area (Å²) in [6.45, 7) is 6.02. The molecule has 132 valence electrons. The molecule has 0 saturated heterocycles. The number of aliphatic hydroxyl groups excluding tert-OH is 2. The number of nitrogens with two attached hydrogens (primary N) is 2. The van der Waals surface area contributed by atoms with E-state index in [0.717, 1.165) is 0 Å². The first kappa shape index (κ1) is 23.5. The van der Waals surface area contributed by atoms with Gasteiger partial charge >= 0.3 is 0 Å². The summed E-state index contributed by atoms with van der Waals surface area (Å²) in [4.78, 5) is 0. The van der Waals surface area contributed by atoms with Crippen LogP contribution >= 0.6 is 0 Å². The fourth-order valence-electron chi connectivity index (χ4n) is 1.33. The fraction of sp³-hybridized carbons (Fsp3) is 0.667. The molecule has 2 atom stereocenters. The third-order valence-corrected chi connectivity index (χ3v) is 5.35. The van der Waals surface area contributed by atoms with Crippen LogP contribution in [0.25, 0.3) is 0 Å². The summed E-state index contributed by atoms with van der Waals surface area (Å²) in [6, 6.07) is 0. The van der Waals surface area contributed by atoms with Crippen molar-refractivity contribution in [2.75, 3.05) is 13.2 Å². The van der Waals surface area contributed by atoms with E-state index in [4.69, 9.17) is 20.5 Å². The summed E-state index contributed by atoms with van der Waals surface area (Å²) >= 11 is 0. The van der Waals surface area contributed by atoms with Crippen molar-refractivity contribution in [2.45, 2.75) is 36.2 Å². The van der Waals surface area contributed by atoms with Crippen LogP contribution in [0.2, 0.25) is 0 Å². The minimum atomic E-state index is -3.58. The molecular formula is C12H26N2O6S2. The Balaban J connectivity index is 0. The molecule has 0 amide bonds. The van der Waals surface area contributed by atoms with Gasteiger partial charge in [0.1, 0.15) is 0 Å². The van der Waals surface area contributed by atoms with Crippen LogP contribution in [0.15, 0.2) is 25.3 Å². The molecule has 0 rings (SSSR count). The molecule has 22 heavy (non-hydrogen) atoms. The van der Waals surface area contributed by atoms with E-state index in [-0.39, 0.29) is 0 Å². The Labute approximate surface area is 132 Å². The molecule has 0 aliphatic rings. The number of allylic oxidation sites excluding steroid dienone is 2. The average molecular weight is 358 g/mol. The molecule has 8 nitrogen and oxygen atoms in total. The van der Waals surface area contributed by atoms with Crippen molar-refractivity contribution >= 4 is 20.0 Å². The van der Waals surface area contributed by atoms with Crippen LogP contribution in [0.1, 0.15) is 25.7 Å². The SMILES string of the molecule is C=CCC[C@@H](CO)S(N)(=O)=O.C=CCC[C@H](CO)S(N)(=O)=O. The molecule has 6 N–H and O–H groups in total. The minimum absolute atomic E-state index is 0.332. The lowest BCUT2D eigenvalue weighted by Gasteiger charge is -2.08. The van der Waals surface area contributed by atoms with Gasteiger partial charge in [0.25, 0.3) is 0 Å². The first-order valence-corrected chi connectivity index (χ1v) is 9.73. The van der Waals surface area contributed by atoms with Gasteiger partial charge in [-0.2, -0.15) is 0 Å². The van der Waals surface area contributed by atoms with E-state index < -0.39 is 43.8 Å². The van der Waals surface area contributed by atoms with Crippen LogP contribution < -0.4 is 10.3 Å². The number of rotatable bonds is 10. The predicted molar refractivity (Wildman–Crippen MR) is 86.8 cm³/mol. The van der Waals surface area contributed by atoms with Gasteiger partial charge in [0.15, 0.2) is 0 Å². The van der Waals surface area contributed by atoms with Gasteiger partial charge in [0.05, 0.1) is 23.7 Å². The van der Waals surface area contributed by atoms with E-state index in [1.165, 1.54) is 0 Å². The molecule has 0 heterocycles. The zero-order valence-electron chi connectivity index (χ0n) is 12.5. The summed E-state index contributed by atoms with van der Waals surface area (Å²) in [7, 11) is -7.17. The quantitative estimate of drug-likeness (QED) is 0.374. The first-order valence-electron chi connectivity index (χ1n) is 6.51. The Morgan fingerprint density at radius 3 is 1.23 bits per heavy atom. The standard InChI is InChI=1S/2C6H13NO3S/c2*1-2-3-4-6(5-8)11(7,9)10/h2*2,6,8H,1,3-5H2,(H2,7,9,10)/t2*6-/m10/s1. The smallest absolute Gasteiger partial charge is 0.214 e.